The van der Waals surface area contributed by atoms with E-state index in [-0.39, 0.29) is 5.78 Å². The number of nitrogens with zero attached hydrogens (tertiary/aromatic N) is 1. The van der Waals surface area contributed by atoms with E-state index >= 15 is 0 Å². The number of ketones is 1. The Bertz CT molecular complexity index is 735. The average Bonchev–Trinajstić information content (AvgIpc) is 2.58. The fourth-order valence-corrected chi connectivity index (χ4v) is 2.26. The molecule has 0 saturated heterocycles. The average molecular weight is 325 g/mol. The highest BCUT2D eigenvalue weighted by Gasteiger charge is 2.08. The van der Waals surface area contributed by atoms with Crippen molar-refractivity contribution >= 4 is 5.78 Å². The fourth-order valence-electron chi connectivity index (χ4n) is 2.26. The Morgan fingerprint density at radius 2 is 1.88 bits per heavy atom. The van der Waals surface area contributed by atoms with Crippen LogP contribution in [0.4, 0.5) is 0 Å². The van der Waals surface area contributed by atoms with Gasteiger partial charge in [0.15, 0.2) is 5.78 Å². The molecule has 0 N–H and O–H groups in total. The Morgan fingerprint density at radius 3 is 2.54 bits per heavy atom. The number of carbonyl (C=O) groups is 1. The highest BCUT2D eigenvalue weighted by atomic mass is 16.5. The molecule has 0 bridgehead atoms. The first kappa shape index (κ1) is 17.6. The van der Waals surface area contributed by atoms with Gasteiger partial charge in [-0.3, -0.25) is 4.79 Å². The number of hydrogen-bond donors (Lipinski definition) is 0. The lowest BCUT2D eigenvalue weighted by atomic mass is 10.1. The van der Waals surface area contributed by atoms with E-state index in [1.54, 1.807) is 25.5 Å². The third kappa shape index (κ3) is 4.62. The molecule has 2 aromatic carbocycles. The number of hydrogen-bond acceptors (Lipinski definition) is 4. The molecule has 0 aliphatic heterocycles. The van der Waals surface area contributed by atoms with Crippen LogP contribution in [0.15, 0.2) is 54.7 Å². The van der Waals surface area contributed by atoms with Crippen molar-refractivity contribution in [2.45, 2.75) is 13.5 Å². The van der Waals surface area contributed by atoms with Crippen LogP contribution in [-0.4, -0.2) is 31.9 Å². The van der Waals surface area contributed by atoms with E-state index in [2.05, 4.69) is 0 Å². The number of ether oxygens (including phenoxy) is 2. The number of allylic oxidation sites excluding steroid dienone is 1. The minimum absolute atomic E-state index is 0.0249. The third-order valence-electron chi connectivity index (χ3n) is 3.56. The number of para-hydroxylation sites is 1. The van der Waals surface area contributed by atoms with Crippen LogP contribution >= 0.6 is 0 Å². The second-order valence-corrected chi connectivity index (χ2v) is 5.72. The molecule has 4 nitrogen and oxygen atoms in total. The van der Waals surface area contributed by atoms with Crippen LogP contribution in [0.3, 0.4) is 0 Å². The lowest BCUT2D eigenvalue weighted by Crippen LogP contribution is -2.04. The highest BCUT2D eigenvalue weighted by Crippen LogP contribution is 2.23. The van der Waals surface area contributed by atoms with E-state index in [1.165, 1.54) is 0 Å². The van der Waals surface area contributed by atoms with E-state index in [4.69, 9.17) is 9.47 Å². The van der Waals surface area contributed by atoms with Crippen molar-refractivity contribution in [3.05, 3.63) is 71.4 Å². The topological polar surface area (TPSA) is 38.8 Å². The van der Waals surface area contributed by atoms with Crippen molar-refractivity contribution < 1.29 is 14.3 Å². The summed E-state index contributed by atoms with van der Waals surface area (Å²) in [5, 5.41) is 0. The van der Waals surface area contributed by atoms with Gasteiger partial charge in [-0.05, 0) is 36.8 Å². The summed E-state index contributed by atoms with van der Waals surface area (Å²) in [5.74, 6) is 1.54. The van der Waals surface area contributed by atoms with E-state index in [0.29, 0.717) is 12.2 Å². The molecule has 24 heavy (non-hydrogen) atoms. The SMILES string of the molecule is COc1ccccc1COc1ccc(C(=O)C=CN(C)C)cc1C. The third-order valence-corrected chi connectivity index (χ3v) is 3.56. The smallest absolute Gasteiger partial charge is 0.187 e. The van der Waals surface area contributed by atoms with Crippen LogP contribution in [0, 0.1) is 6.92 Å². The van der Waals surface area contributed by atoms with Gasteiger partial charge in [0.05, 0.1) is 7.11 Å². The fraction of sp³-hybridized carbons (Fsp3) is 0.250. The maximum absolute atomic E-state index is 12.1. The predicted molar refractivity (Wildman–Crippen MR) is 95.7 cm³/mol. The molecule has 0 amide bonds. The lowest BCUT2D eigenvalue weighted by molar-refractivity contribution is 0.104. The molecule has 0 spiro atoms. The molecule has 0 unspecified atom stereocenters. The number of methoxy groups -OCH3 is 1. The molecule has 0 radical (unpaired) electrons. The van der Waals surface area contributed by atoms with Crippen LogP contribution in [0.5, 0.6) is 11.5 Å². The van der Waals surface area contributed by atoms with Crippen LogP contribution in [-0.2, 0) is 6.61 Å². The first-order valence-electron chi connectivity index (χ1n) is 7.75. The molecule has 4 heteroatoms. The standard InChI is InChI=1S/C20H23NO3/c1-15-13-16(18(22)11-12-21(2)3)9-10-19(15)24-14-17-7-5-6-8-20(17)23-4/h5-13H,14H2,1-4H3. The van der Waals surface area contributed by atoms with Gasteiger partial charge in [-0.1, -0.05) is 18.2 Å². The largest absolute Gasteiger partial charge is 0.496 e. The van der Waals surface area contributed by atoms with Gasteiger partial charge >= 0.3 is 0 Å². The van der Waals surface area contributed by atoms with Gasteiger partial charge in [0.2, 0.25) is 0 Å². The molecular formula is C20H23NO3. The maximum atomic E-state index is 12.1. The summed E-state index contributed by atoms with van der Waals surface area (Å²) in [6, 6.07) is 13.2. The zero-order valence-corrected chi connectivity index (χ0v) is 14.6. The minimum Gasteiger partial charge on any atom is -0.496 e. The molecule has 2 rings (SSSR count). The van der Waals surface area contributed by atoms with Crippen molar-refractivity contribution in [2.75, 3.05) is 21.2 Å². The van der Waals surface area contributed by atoms with E-state index in [9.17, 15) is 4.79 Å². The summed E-state index contributed by atoms with van der Waals surface area (Å²) in [7, 11) is 5.40. The Kier molecular flexibility index (Phi) is 6.01. The van der Waals surface area contributed by atoms with Gasteiger partial charge in [0.25, 0.3) is 0 Å². The van der Waals surface area contributed by atoms with E-state index in [0.717, 1.165) is 22.6 Å². The van der Waals surface area contributed by atoms with Crippen LogP contribution in [0.25, 0.3) is 0 Å². The molecule has 0 atom stereocenters. The zero-order chi connectivity index (χ0) is 17.5. The van der Waals surface area contributed by atoms with Crippen molar-refractivity contribution in [1.29, 1.82) is 0 Å². The molecular weight excluding hydrogens is 302 g/mol. The number of benzene rings is 2. The Labute approximate surface area is 143 Å². The molecule has 0 heterocycles. The summed E-state index contributed by atoms with van der Waals surface area (Å²) >= 11 is 0. The van der Waals surface area contributed by atoms with Gasteiger partial charge in [0.1, 0.15) is 18.1 Å². The quantitative estimate of drug-likeness (QED) is 0.573. The minimum atomic E-state index is -0.0249. The molecule has 0 aromatic heterocycles. The van der Waals surface area contributed by atoms with Gasteiger partial charge in [-0.15, -0.1) is 0 Å². The second-order valence-electron chi connectivity index (χ2n) is 5.72. The Hall–Kier alpha value is -2.75. The first-order chi connectivity index (χ1) is 11.5. The van der Waals surface area contributed by atoms with E-state index in [1.807, 2.05) is 62.3 Å². The van der Waals surface area contributed by atoms with Crippen molar-refractivity contribution in [3.63, 3.8) is 0 Å². The van der Waals surface area contributed by atoms with Gasteiger partial charge in [-0.2, -0.15) is 0 Å². The van der Waals surface area contributed by atoms with E-state index < -0.39 is 0 Å². The van der Waals surface area contributed by atoms with Crippen molar-refractivity contribution in [1.82, 2.24) is 4.90 Å². The summed E-state index contributed by atoms with van der Waals surface area (Å²) in [6.07, 6.45) is 3.30. The zero-order valence-electron chi connectivity index (χ0n) is 14.6. The first-order valence-corrected chi connectivity index (χ1v) is 7.75. The number of rotatable bonds is 7. The molecule has 0 saturated carbocycles. The van der Waals surface area contributed by atoms with Crippen LogP contribution in [0.2, 0.25) is 0 Å². The van der Waals surface area contributed by atoms with Crippen molar-refractivity contribution in [2.24, 2.45) is 0 Å². The molecule has 0 fully saturated rings. The Balaban J connectivity index is 2.09. The molecule has 126 valence electrons. The van der Waals surface area contributed by atoms with Crippen LogP contribution < -0.4 is 9.47 Å². The summed E-state index contributed by atoms with van der Waals surface area (Å²) in [4.78, 5) is 13.9. The van der Waals surface area contributed by atoms with Crippen molar-refractivity contribution in [3.8, 4) is 11.5 Å². The van der Waals surface area contributed by atoms with Gasteiger partial charge in [-0.25, -0.2) is 0 Å². The number of carbonyl (C=O) groups excluding carboxylic acids is 1. The Morgan fingerprint density at radius 1 is 1.12 bits per heavy atom. The second kappa shape index (κ2) is 8.20. The number of aryl methyl sites for hydroxylation is 1. The lowest BCUT2D eigenvalue weighted by Gasteiger charge is -2.12. The van der Waals surface area contributed by atoms with Crippen LogP contribution in [0.1, 0.15) is 21.5 Å². The molecule has 0 aliphatic rings. The maximum Gasteiger partial charge on any atom is 0.187 e. The molecule has 2 aromatic rings. The normalized spacial score (nSPS) is 10.7. The molecule has 0 aliphatic carbocycles. The summed E-state index contributed by atoms with van der Waals surface area (Å²) in [6.45, 7) is 2.35. The monoisotopic (exact) mass is 325 g/mol. The van der Waals surface area contributed by atoms with Gasteiger partial charge in [0, 0.05) is 37.5 Å². The highest BCUT2D eigenvalue weighted by molar-refractivity contribution is 6.04. The van der Waals surface area contributed by atoms with Gasteiger partial charge < -0.3 is 14.4 Å². The summed E-state index contributed by atoms with van der Waals surface area (Å²) < 4.78 is 11.2. The summed E-state index contributed by atoms with van der Waals surface area (Å²) in [5.41, 5.74) is 2.55. The predicted octanol–water partition coefficient (Wildman–Crippen LogP) is 3.84.